The molecule has 2 aromatic rings. The Morgan fingerprint density at radius 2 is 1.67 bits per heavy atom. The molecule has 0 aromatic heterocycles. The Labute approximate surface area is 149 Å². The lowest BCUT2D eigenvalue weighted by atomic mass is 9.76. The first-order valence-corrected chi connectivity index (χ1v) is 9.65. The summed E-state index contributed by atoms with van der Waals surface area (Å²) in [7, 11) is 0. The van der Waals surface area contributed by atoms with Gasteiger partial charge >= 0.3 is 0 Å². The fourth-order valence-electron chi connectivity index (χ4n) is 3.39. The van der Waals surface area contributed by atoms with E-state index in [1.807, 2.05) is 0 Å². The largest absolute Gasteiger partial charge is 0.0888 e. The molecule has 21 heavy (non-hydrogen) atoms. The third-order valence-corrected chi connectivity index (χ3v) is 6.50. The van der Waals surface area contributed by atoms with E-state index < -0.39 is 0 Å². The molecule has 0 nitrogen and oxygen atoms in total. The predicted octanol–water partition coefficient (Wildman–Crippen LogP) is 6.18. The predicted molar refractivity (Wildman–Crippen MR) is 102 cm³/mol. The Balaban J connectivity index is 1.70. The van der Waals surface area contributed by atoms with E-state index in [0.717, 1.165) is 11.8 Å². The minimum Gasteiger partial charge on any atom is -0.0888 e. The first-order valence-electron chi connectivity index (χ1n) is 7.66. The minimum absolute atomic E-state index is 0.664. The molecule has 110 valence electrons. The summed E-state index contributed by atoms with van der Waals surface area (Å²) in [6.07, 6.45) is 5.08. The SMILES string of the molecule is BrC1CCC(c2ccccc2)CC1Cc1ccc(I)cc1. The number of alkyl halides is 1. The van der Waals surface area contributed by atoms with Gasteiger partial charge in [-0.25, -0.2) is 0 Å². The van der Waals surface area contributed by atoms with Gasteiger partial charge in [0, 0.05) is 8.40 Å². The van der Waals surface area contributed by atoms with E-state index >= 15 is 0 Å². The van der Waals surface area contributed by atoms with Gasteiger partial charge in [-0.3, -0.25) is 0 Å². The third-order valence-electron chi connectivity index (χ3n) is 4.57. The zero-order chi connectivity index (χ0) is 14.7. The maximum absolute atomic E-state index is 3.93. The molecule has 0 spiro atoms. The van der Waals surface area contributed by atoms with Crippen molar-refractivity contribution in [1.29, 1.82) is 0 Å². The first-order chi connectivity index (χ1) is 10.2. The Kier molecular flexibility index (Phi) is 5.38. The van der Waals surface area contributed by atoms with Crippen LogP contribution in [0.25, 0.3) is 0 Å². The quantitative estimate of drug-likeness (QED) is 0.383. The van der Waals surface area contributed by atoms with Crippen LogP contribution in [-0.2, 0) is 6.42 Å². The average molecular weight is 455 g/mol. The maximum Gasteiger partial charge on any atom is 0.0177 e. The highest BCUT2D eigenvalue weighted by molar-refractivity contribution is 14.1. The van der Waals surface area contributed by atoms with Crippen molar-refractivity contribution in [1.82, 2.24) is 0 Å². The summed E-state index contributed by atoms with van der Waals surface area (Å²) in [5, 5.41) is 0. The molecule has 0 bridgehead atoms. The molecular formula is C19H20BrI. The lowest BCUT2D eigenvalue weighted by Gasteiger charge is -2.33. The van der Waals surface area contributed by atoms with E-state index in [-0.39, 0.29) is 0 Å². The molecule has 0 saturated heterocycles. The molecule has 1 aliphatic carbocycles. The lowest BCUT2D eigenvalue weighted by molar-refractivity contribution is 0.335. The van der Waals surface area contributed by atoms with Crippen LogP contribution in [0.3, 0.4) is 0 Å². The van der Waals surface area contributed by atoms with E-state index in [4.69, 9.17) is 0 Å². The van der Waals surface area contributed by atoms with E-state index in [1.54, 1.807) is 0 Å². The Bertz CT molecular complexity index is 564. The molecule has 0 radical (unpaired) electrons. The van der Waals surface area contributed by atoms with Gasteiger partial charge in [0.2, 0.25) is 0 Å². The van der Waals surface area contributed by atoms with Gasteiger partial charge in [-0.05, 0) is 83.4 Å². The summed E-state index contributed by atoms with van der Waals surface area (Å²) in [5.41, 5.74) is 2.99. The average Bonchev–Trinajstić information content (AvgIpc) is 2.52. The topological polar surface area (TPSA) is 0 Å². The molecule has 1 aliphatic rings. The highest BCUT2D eigenvalue weighted by Gasteiger charge is 2.29. The summed E-state index contributed by atoms with van der Waals surface area (Å²) < 4.78 is 1.32. The standard InChI is InChI=1S/C19H20BrI/c20-19-11-8-16(15-4-2-1-3-5-15)13-17(19)12-14-6-9-18(21)10-7-14/h1-7,9-10,16-17,19H,8,11-13H2. The molecule has 0 N–H and O–H groups in total. The van der Waals surface area contributed by atoms with Crippen molar-refractivity contribution in [3.05, 3.63) is 69.3 Å². The number of hydrogen-bond acceptors (Lipinski definition) is 0. The van der Waals surface area contributed by atoms with Crippen LogP contribution in [0.15, 0.2) is 54.6 Å². The van der Waals surface area contributed by atoms with E-state index in [1.165, 1.54) is 40.4 Å². The van der Waals surface area contributed by atoms with Gasteiger partial charge in [0.25, 0.3) is 0 Å². The molecule has 3 rings (SSSR count). The molecule has 0 amide bonds. The van der Waals surface area contributed by atoms with Gasteiger partial charge in [0.15, 0.2) is 0 Å². The number of hydrogen-bond donors (Lipinski definition) is 0. The fraction of sp³-hybridized carbons (Fsp3) is 0.368. The van der Waals surface area contributed by atoms with Gasteiger partial charge in [-0.15, -0.1) is 0 Å². The normalized spacial score (nSPS) is 25.7. The van der Waals surface area contributed by atoms with Crippen LogP contribution in [0.4, 0.5) is 0 Å². The van der Waals surface area contributed by atoms with E-state index in [9.17, 15) is 0 Å². The summed E-state index contributed by atoms with van der Waals surface area (Å²) in [4.78, 5) is 0.664. The molecule has 3 atom stereocenters. The second-order valence-electron chi connectivity index (χ2n) is 6.03. The van der Waals surface area contributed by atoms with E-state index in [2.05, 4.69) is 93.1 Å². The van der Waals surface area contributed by atoms with Crippen molar-refractivity contribution in [3.63, 3.8) is 0 Å². The number of rotatable bonds is 3. The molecule has 0 heterocycles. The van der Waals surface area contributed by atoms with Crippen molar-refractivity contribution in [2.75, 3.05) is 0 Å². The summed E-state index contributed by atoms with van der Waals surface area (Å²) in [6, 6.07) is 20.0. The fourth-order valence-corrected chi connectivity index (χ4v) is 4.42. The number of halogens is 2. The van der Waals surface area contributed by atoms with E-state index in [0.29, 0.717) is 4.83 Å². The summed E-state index contributed by atoms with van der Waals surface area (Å²) in [6.45, 7) is 0. The van der Waals surface area contributed by atoms with Crippen molar-refractivity contribution in [2.24, 2.45) is 5.92 Å². The van der Waals surface area contributed by atoms with Crippen LogP contribution in [0.1, 0.15) is 36.3 Å². The smallest absolute Gasteiger partial charge is 0.0177 e. The molecule has 1 saturated carbocycles. The second-order valence-corrected chi connectivity index (χ2v) is 8.45. The highest BCUT2D eigenvalue weighted by Crippen LogP contribution is 2.40. The molecule has 0 aliphatic heterocycles. The third kappa shape index (κ3) is 4.10. The monoisotopic (exact) mass is 454 g/mol. The molecule has 1 fully saturated rings. The Morgan fingerprint density at radius 3 is 2.38 bits per heavy atom. The van der Waals surface area contributed by atoms with Gasteiger partial charge in [-0.1, -0.05) is 58.4 Å². The lowest BCUT2D eigenvalue weighted by Crippen LogP contribution is -2.25. The maximum atomic E-state index is 3.93. The van der Waals surface area contributed by atoms with Crippen LogP contribution in [0, 0.1) is 9.49 Å². The van der Waals surface area contributed by atoms with Crippen LogP contribution in [0.5, 0.6) is 0 Å². The van der Waals surface area contributed by atoms with Crippen LogP contribution in [-0.4, -0.2) is 4.83 Å². The summed E-state index contributed by atoms with van der Waals surface area (Å²) >= 11 is 6.30. The minimum atomic E-state index is 0.664. The van der Waals surface area contributed by atoms with Crippen LogP contribution >= 0.6 is 38.5 Å². The van der Waals surface area contributed by atoms with Crippen molar-refractivity contribution in [3.8, 4) is 0 Å². The van der Waals surface area contributed by atoms with Crippen molar-refractivity contribution >= 4 is 38.5 Å². The van der Waals surface area contributed by atoms with Crippen LogP contribution < -0.4 is 0 Å². The summed E-state index contributed by atoms with van der Waals surface area (Å²) in [5.74, 6) is 1.47. The molecule has 2 heteroatoms. The van der Waals surface area contributed by atoms with Gasteiger partial charge in [0.05, 0.1) is 0 Å². The molecule has 3 unspecified atom stereocenters. The van der Waals surface area contributed by atoms with Gasteiger partial charge in [-0.2, -0.15) is 0 Å². The van der Waals surface area contributed by atoms with Gasteiger partial charge < -0.3 is 0 Å². The zero-order valence-corrected chi connectivity index (χ0v) is 15.8. The molecular weight excluding hydrogens is 435 g/mol. The van der Waals surface area contributed by atoms with Gasteiger partial charge in [0.1, 0.15) is 0 Å². The van der Waals surface area contributed by atoms with Crippen molar-refractivity contribution in [2.45, 2.75) is 36.4 Å². The Hall–Kier alpha value is -0.350. The van der Waals surface area contributed by atoms with Crippen molar-refractivity contribution < 1.29 is 0 Å². The Morgan fingerprint density at radius 1 is 0.952 bits per heavy atom. The highest BCUT2D eigenvalue weighted by atomic mass is 127. The molecule has 2 aromatic carbocycles. The number of benzene rings is 2. The zero-order valence-electron chi connectivity index (χ0n) is 12.0. The van der Waals surface area contributed by atoms with Crippen LogP contribution in [0.2, 0.25) is 0 Å². The first kappa shape index (κ1) is 15.5. The second kappa shape index (κ2) is 7.28.